The summed E-state index contributed by atoms with van der Waals surface area (Å²) in [5.74, 6) is 2.51. The van der Waals surface area contributed by atoms with Gasteiger partial charge in [-0.2, -0.15) is 0 Å². The first kappa shape index (κ1) is 17.0. The van der Waals surface area contributed by atoms with Crippen LogP contribution in [-0.4, -0.2) is 23.3 Å². The van der Waals surface area contributed by atoms with Crippen molar-refractivity contribution in [2.75, 3.05) is 18.4 Å². The van der Waals surface area contributed by atoms with Gasteiger partial charge >= 0.3 is 6.01 Å². The van der Waals surface area contributed by atoms with E-state index in [2.05, 4.69) is 55.4 Å². The molecule has 1 heterocycles. The lowest BCUT2D eigenvalue weighted by molar-refractivity contribution is 0.301. The van der Waals surface area contributed by atoms with Crippen LogP contribution in [0.15, 0.2) is 4.42 Å². The van der Waals surface area contributed by atoms with E-state index in [0.29, 0.717) is 29.7 Å². The minimum Gasteiger partial charge on any atom is -0.406 e. The number of anilines is 1. The van der Waals surface area contributed by atoms with E-state index in [4.69, 9.17) is 4.42 Å². The van der Waals surface area contributed by atoms with Crippen LogP contribution in [0, 0.1) is 17.8 Å². The fourth-order valence-electron chi connectivity index (χ4n) is 2.38. The fraction of sp³-hybridized carbons (Fsp3) is 0.867. The number of hydrogen-bond donors (Lipinski definition) is 2. The lowest BCUT2D eigenvalue weighted by Crippen LogP contribution is -2.24. The van der Waals surface area contributed by atoms with Crippen LogP contribution in [0.5, 0.6) is 0 Å². The van der Waals surface area contributed by atoms with Gasteiger partial charge in [0.2, 0.25) is 5.89 Å². The van der Waals surface area contributed by atoms with E-state index in [1.807, 2.05) is 6.92 Å². The SMILES string of the molecule is CCCNC(C)c1nnc(NCC(C(C)C)C(C)C)o1. The number of hydrogen-bond acceptors (Lipinski definition) is 5. The first-order valence-corrected chi connectivity index (χ1v) is 7.76. The summed E-state index contributed by atoms with van der Waals surface area (Å²) in [6.07, 6.45) is 1.09. The van der Waals surface area contributed by atoms with Crippen LogP contribution >= 0.6 is 0 Å². The molecule has 0 spiro atoms. The molecule has 0 aliphatic rings. The van der Waals surface area contributed by atoms with Crippen molar-refractivity contribution in [1.82, 2.24) is 15.5 Å². The molecule has 0 amide bonds. The Kier molecular flexibility index (Phi) is 6.99. The van der Waals surface area contributed by atoms with Crippen molar-refractivity contribution in [2.45, 2.75) is 54.0 Å². The number of nitrogens with one attached hydrogen (secondary N) is 2. The third-order valence-corrected chi connectivity index (χ3v) is 3.71. The number of aromatic nitrogens is 2. The maximum Gasteiger partial charge on any atom is 0.315 e. The summed E-state index contributed by atoms with van der Waals surface area (Å²) in [7, 11) is 0. The third-order valence-electron chi connectivity index (χ3n) is 3.71. The molecule has 1 rings (SSSR count). The smallest absolute Gasteiger partial charge is 0.315 e. The second-order valence-corrected chi connectivity index (χ2v) is 6.15. The average Bonchev–Trinajstić information content (AvgIpc) is 2.84. The Morgan fingerprint density at radius 2 is 1.70 bits per heavy atom. The summed E-state index contributed by atoms with van der Waals surface area (Å²) in [6.45, 7) is 15.0. The molecule has 116 valence electrons. The quantitative estimate of drug-likeness (QED) is 0.726. The van der Waals surface area contributed by atoms with Crippen LogP contribution in [-0.2, 0) is 0 Å². The van der Waals surface area contributed by atoms with Gasteiger partial charge in [-0.3, -0.25) is 0 Å². The van der Waals surface area contributed by atoms with E-state index in [0.717, 1.165) is 19.5 Å². The molecular formula is C15H30N4O. The summed E-state index contributed by atoms with van der Waals surface area (Å²) < 4.78 is 5.66. The summed E-state index contributed by atoms with van der Waals surface area (Å²) in [5.41, 5.74) is 0. The molecule has 0 aliphatic heterocycles. The standard InChI is InChI=1S/C15H30N4O/c1-7-8-16-12(6)14-18-19-15(20-14)17-9-13(10(2)3)11(4)5/h10-13,16H,7-9H2,1-6H3,(H,17,19). The molecule has 2 N–H and O–H groups in total. The van der Waals surface area contributed by atoms with Gasteiger partial charge in [-0.05, 0) is 37.6 Å². The molecule has 5 nitrogen and oxygen atoms in total. The number of rotatable bonds is 9. The van der Waals surface area contributed by atoms with E-state index >= 15 is 0 Å². The predicted octanol–water partition coefficient (Wildman–Crippen LogP) is 3.47. The third kappa shape index (κ3) is 5.12. The largest absolute Gasteiger partial charge is 0.406 e. The molecule has 5 heteroatoms. The molecule has 1 aromatic heterocycles. The van der Waals surface area contributed by atoms with Crippen LogP contribution in [0.25, 0.3) is 0 Å². The van der Waals surface area contributed by atoms with Crippen molar-refractivity contribution >= 4 is 6.01 Å². The topological polar surface area (TPSA) is 63.0 Å². The molecule has 0 saturated carbocycles. The Morgan fingerprint density at radius 3 is 2.25 bits per heavy atom. The van der Waals surface area contributed by atoms with Crippen LogP contribution in [0.3, 0.4) is 0 Å². The monoisotopic (exact) mass is 282 g/mol. The van der Waals surface area contributed by atoms with E-state index in [9.17, 15) is 0 Å². The van der Waals surface area contributed by atoms with Gasteiger partial charge in [0.25, 0.3) is 0 Å². The van der Waals surface area contributed by atoms with Crippen molar-refractivity contribution in [3.63, 3.8) is 0 Å². The van der Waals surface area contributed by atoms with E-state index in [-0.39, 0.29) is 6.04 Å². The van der Waals surface area contributed by atoms with Gasteiger partial charge in [0.15, 0.2) is 0 Å². The average molecular weight is 282 g/mol. The van der Waals surface area contributed by atoms with Crippen LogP contribution in [0.2, 0.25) is 0 Å². The minimum absolute atomic E-state index is 0.101. The molecule has 0 aromatic carbocycles. The van der Waals surface area contributed by atoms with Crippen LogP contribution < -0.4 is 10.6 Å². The molecule has 1 unspecified atom stereocenters. The van der Waals surface area contributed by atoms with Gasteiger partial charge < -0.3 is 15.1 Å². The highest BCUT2D eigenvalue weighted by Gasteiger charge is 2.19. The summed E-state index contributed by atoms with van der Waals surface area (Å²) in [5, 5.41) is 14.8. The Bertz CT molecular complexity index is 368. The second-order valence-electron chi connectivity index (χ2n) is 6.15. The van der Waals surface area contributed by atoms with E-state index < -0.39 is 0 Å². The van der Waals surface area contributed by atoms with Crippen molar-refractivity contribution in [3.05, 3.63) is 5.89 Å². The molecule has 1 atom stereocenters. The van der Waals surface area contributed by atoms with Crippen molar-refractivity contribution < 1.29 is 4.42 Å². The Balaban J connectivity index is 2.51. The minimum atomic E-state index is 0.101. The molecule has 0 aliphatic carbocycles. The van der Waals surface area contributed by atoms with Gasteiger partial charge in [0.1, 0.15) is 0 Å². The van der Waals surface area contributed by atoms with E-state index in [1.54, 1.807) is 0 Å². The Hall–Kier alpha value is -1.10. The van der Waals surface area contributed by atoms with Gasteiger partial charge in [0, 0.05) is 6.54 Å². The van der Waals surface area contributed by atoms with Crippen molar-refractivity contribution in [3.8, 4) is 0 Å². The van der Waals surface area contributed by atoms with Gasteiger partial charge in [-0.25, -0.2) is 0 Å². The molecule has 1 aromatic rings. The fourth-order valence-corrected chi connectivity index (χ4v) is 2.38. The van der Waals surface area contributed by atoms with Crippen molar-refractivity contribution in [1.29, 1.82) is 0 Å². The van der Waals surface area contributed by atoms with E-state index in [1.165, 1.54) is 0 Å². The highest BCUT2D eigenvalue weighted by atomic mass is 16.4. The highest BCUT2D eigenvalue weighted by Crippen LogP contribution is 2.21. The first-order chi connectivity index (χ1) is 9.45. The van der Waals surface area contributed by atoms with Crippen LogP contribution in [0.1, 0.15) is 59.9 Å². The zero-order valence-corrected chi connectivity index (χ0v) is 13.7. The first-order valence-electron chi connectivity index (χ1n) is 7.76. The highest BCUT2D eigenvalue weighted by molar-refractivity contribution is 5.17. The lowest BCUT2D eigenvalue weighted by atomic mass is 9.85. The Morgan fingerprint density at radius 1 is 1.05 bits per heavy atom. The molecular weight excluding hydrogens is 252 g/mol. The summed E-state index contributed by atoms with van der Waals surface area (Å²) in [4.78, 5) is 0. The molecule has 20 heavy (non-hydrogen) atoms. The maximum atomic E-state index is 5.66. The zero-order valence-electron chi connectivity index (χ0n) is 13.7. The summed E-state index contributed by atoms with van der Waals surface area (Å²) in [6, 6.07) is 0.625. The maximum absolute atomic E-state index is 5.66. The van der Waals surface area contributed by atoms with Crippen LogP contribution in [0.4, 0.5) is 6.01 Å². The lowest BCUT2D eigenvalue weighted by Gasteiger charge is -2.24. The molecule has 0 radical (unpaired) electrons. The molecule has 0 fully saturated rings. The zero-order chi connectivity index (χ0) is 15.1. The van der Waals surface area contributed by atoms with Gasteiger partial charge in [-0.1, -0.05) is 39.7 Å². The summed E-state index contributed by atoms with van der Waals surface area (Å²) >= 11 is 0. The Labute approximate surface area is 122 Å². The normalized spacial score (nSPS) is 13.4. The molecule has 0 bridgehead atoms. The van der Waals surface area contributed by atoms with Gasteiger partial charge in [-0.15, -0.1) is 5.10 Å². The predicted molar refractivity (Wildman–Crippen MR) is 82.7 cm³/mol. The second kappa shape index (κ2) is 8.25. The van der Waals surface area contributed by atoms with Crippen molar-refractivity contribution in [2.24, 2.45) is 17.8 Å². The number of nitrogens with zero attached hydrogens (tertiary/aromatic N) is 2. The van der Waals surface area contributed by atoms with Gasteiger partial charge in [0.05, 0.1) is 6.04 Å². The molecule has 0 saturated heterocycles.